The highest BCUT2D eigenvalue weighted by molar-refractivity contribution is 5.79. The lowest BCUT2D eigenvalue weighted by Crippen LogP contribution is -2.21. The average molecular weight is 315 g/mol. The van der Waals surface area contributed by atoms with Crippen LogP contribution in [0.1, 0.15) is 17.5 Å². The fraction of sp³-hybridized carbons (Fsp3) is 0.235. The summed E-state index contributed by atoms with van der Waals surface area (Å²) in [7, 11) is 0. The van der Waals surface area contributed by atoms with Crippen LogP contribution in [0.15, 0.2) is 48.8 Å². The first kappa shape index (κ1) is 16.5. The number of carbonyl (C=O) groups is 2. The molecule has 2 N–H and O–H groups in total. The van der Waals surface area contributed by atoms with E-state index in [0.29, 0.717) is 0 Å². The summed E-state index contributed by atoms with van der Waals surface area (Å²) in [5.41, 5.74) is 1.52. The number of aromatic hydroxyl groups is 1. The van der Waals surface area contributed by atoms with Crippen molar-refractivity contribution >= 4 is 11.9 Å². The second kappa shape index (κ2) is 7.93. The molecule has 2 rings (SSSR count). The lowest BCUT2D eigenvalue weighted by atomic mass is 9.96. The predicted molar refractivity (Wildman–Crippen MR) is 81.6 cm³/mol. The number of carbonyl (C=O) groups excluding carboxylic acids is 1. The van der Waals surface area contributed by atoms with Gasteiger partial charge in [-0.2, -0.15) is 0 Å². The van der Waals surface area contributed by atoms with Crippen LogP contribution < -0.4 is 0 Å². The quantitative estimate of drug-likeness (QED) is 0.760. The highest BCUT2D eigenvalue weighted by Crippen LogP contribution is 2.17. The summed E-state index contributed by atoms with van der Waals surface area (Å²) in [5, 5.41) is 18.5. The Labute approximate surface area is 133 Å². The first-order chi connectivity index (χ1) is 11.0. The van der Waals surface area contributed by atoms with Crippen LogP contribution in [-0.4, -0.2) is 27.1 Å². The Hall–Kier alpha value is -2.89. The van der Waals surface area contributed by atoms with Crippen LogP contribution in [0, 0.1) is 5.92 Å². The number of esters is 1. The maximum Gasteiger partial charge on any atom is 0.307 e. The van der Waals surface area contributed by atoms with Gasteiger partial charge in [-0.15, -0.1) is 0 Å². The van der Waals surface area contributed by atoms with E-state index in [0.717, 1.165) is 11.1 Å². The van der Waals surface area contributed by atoms with E-state index < -0.39 is 17.9 Å². The van der Waals surface area contributed by atoms with Crippen molar-refractivity contribution in [3.05, 3.63) is 59.9 Å². The number of carboxylic acid groups (broad SMARTS) is 1. The first-order valence-corrected chi connectivity index (χ1v) is 7.10. The molecule has 0 saturated heterocycles. The lowest BCUT2D eigenvalue weighted by molar-refractivity contribution is -0.152. The Balaban J connectivity index is 1.89. The largest absolute Gasteiger partial charge is 0.508 e. The highest BCUT2D eigenvalue weighted by atomic mass is 16.5. The average Bonchev–Trinajstić information content (AvgIpc) is 2.55. The van der Waals surface area contributed by atoms with Gasteiger partial charge in [0.25, 0.3) is 0 Å². The van der Waals surface area contributed by atoms with E-state index in [9.17, 15) is 19.8 Å². The van der Waals surface area contributed by atoms with Crippen molar-refractivity contribution in [2.24, 2.45) is 5.92 Å². The normalized spacial score (nSPS) is 11.7. The van der Waals surface area contributed by atoms with Crippen LogP contribution in [0.3, 0.4) is 0 Å². The van der Waals surface area contributed by atoms with Gasteiger partial charge in [0, 0.05) is 12.4 Å². The van der Waals surface area contributed by atoms with Crippen molar-refractivity contribution in [1.82, 2.24) is 4.98 Å². The smallest absolute Gasteiger partial charge is 0.307 e. The van der Waals surface area contributed by atoms with E-state index in [1.807, 2.05) is 0 Å². The second-order valence-electron chi connectivity index (χ2n) is 5.13. The second-order valence-corrected chi connectivity index (χ2v) is 5.13. The van der Waals surface area contributed by atoms with Gasteiger partial charge < -0.3 is 14.9 Å². The van der Waals surface area contributed by atoms with Gasteiger partial charge in [0.05, 0.1) is 12.3 Å². The molecule has 0 aliphatic heterocycles. The Kier molecular flexibility index (Phi) is 5.68. The fourth-order valence-electron chi connectivity index (χ4n) is 2.07. The van der Waals surface area contributed by atoms with Gasteiger partial charge in [0.2, 0.25) is 0 Å². The molecule has 1 aromatic heterocycles. The molecule has 0 unspecified atom stereocenters. The monoisotopic (exact) mass is 315 g/mol. The number of hydrogen-bond acceptors (Lipinski definition) is 5. The zero-order valence-electron chi connectivity index (χ0n) is 12.4. The van der Waals surface area contributed by atoms with Crippen LogP contribution in [0.4, 0.5) is 0 Å². The number of hydrogen-bond donors (Lipinski definition) is 2. The van der Waals surface area contributed by atoms with Crippen molar-refractivity contribution in [3.63, 3.8) is 0 Å². The van der Waals surface area contributed by atoms with E-state index >= 15 is 0 Å². The zero-order valence-corrected chi connectivity index (χ0v) is 12.4. The maximum atomic E-state index is 11.8. The summed E-state index contributed by atoms with van der Waals surface area (Å²) >= 11 is 0. The Morgan fingerprint density at radius 1 is 1.04 bits per heavy atom. The predicted octanol–water partition coefficient (Wildman–Crippen LogP) is 2.16. The number of aliphatic carboxylic acids is 1. The third-order valence-electron chi connectivity index (χ3n) is 3.33. The number of aromatic nitrogens is 1. The van der Waals surface area contributed by atoms with Crippen LogP contribution in [0.2, 0.25) is 0 Å². The Morgan fingerprint density at radius 3 is 2.30 bits per heavy atom. The summed E-state index contributed by atoms with van der Waals surface area (Å²) in [6.45, 7) is 0.0902. The van der Waals surface area contributed by atoms with Crippen LogP contribution in [0.5, 0.6) is 5.75 Å². The summed E-state index contributed by atoms with van der Waals surface area (Å²) in [5.74, 6) is -2.38. The maximum absolute atomic E-state index is 11.8. The summed E-state index contributed by atoms with van der Waals surface area (Å²) in [6, 6.07) is 9.67. The van der Waals surface area contributed by atoms with E-state index in [1.54, 1.807) is 36.7 Å². The lowest BCUT2D eigenvalue weighted by Gasteiger charge is -2.12. The van der Waals surface area contributed by atoms with Gasteiger partial charge in [-0.25, -0.2) is 0 Å². The highest BCUT2D eigenvalue weighted by Gasteiger charge is 2.22. The van der Waals surface area contributed by atoms with E-state index in [1.165, 1.54) is 12.1 Å². The molecule has 0 fully saturated rings. The number of benzene rings is 1. The topological polar surface area (TPSA) is 96.7 Å². The number of phenolic OH excluding ortho intramolecular Hbond substituents is 1. The van der Waals surface area contributed by atoms with Crippen LogP contribution in [0.25, 0.3) is 0 Å². The zero-order chi connectivity index (χ0) is 16.7. The summed E-state index contributed by atoms with van der Waals surface area (Å²) in [4.78, 5) is 27.0. The number of pyridine rings is 1. The minimum absolute atomic E-state index is 0.0902. The summed E-state index contributed by atoms with van der Waals surface area (Å²) in [6.07, 6.45) is 3.17. The molecule has 1 aromatic carbocycles. The molecule has 0 aliphatic carbocycles. The Bertz CT molecular complexity index is 654. The molecule has 6 nitrogen and oxygen atoms in total. The molecule has 0 bridgehead atoms. The molecule has 120 valence electrons. The number of ether oxygens (including phenoxy) is 1. The molecule has 0 saturated carbocycles. The molecular weight excluding hydrogens is 298 g/mol. The van der Waals surface area contributed by atoms with Crippen molar-refractivity contribution < 1.29 is 24.5 Å². The van der Waals surface area contributed by atoms with Crippen molar-refractivity contribution in [1.29, 1.82) is 0 Å². The molecule has 0 spiro atoms. The number of nitrogens with zero attached hydrogens (tertiary/aromatic N) is 1. The van der Waals surface area contributed by atoms with E-state index in [2.05, 4.69) is 4.98 Å². The minimum Gasteiger partial charge on any atom is -0.508 e. The van der Waals surface area contributed by atoms with Crippen LogP contribution >= 0.6 is 0 Å². The molecule has 0 aliphatic rings. The van der Waals surface area contributed by atoms with Crippen LogP contribution in [-0.2, 0) is 27.4 Å². The molecule has 0 radical (unpaired) electrons. The van der Waals surface area contributed by atoms with Crippen molar-refractivity contribution in [2.45, 2.75) is 19.4 Å². The molecule has 23 heavy (non-hydrogen) atoms. The molecule has 0 amide bonds. The molecule has 1 atom stereocenters. The van der Waals surface area contributed by atoms with Gasteiger partial charge in [-0.3, -0.25) is 14.6 Å². The minimum atomic E-state index is -1.06. The molecule has 2 aromatic rings. The number of phenols is 1. The van der Waals surface area contributed by atoms with Gasteiger partial charge >= 0.3 is 11.9 Å². The van der Waals surface area contributed by atoms with Gasteiger partial charge in [-0.05, 0) is 41.8 Å². The fourth-order valence-corrected chi connectivity index (χ4v) is 2.07. The Morgan fingerprint density at radius 2 is 1.70 bits per heavy atom. The third-order valence-corrected chi connectivity index (χ3v) is 3.33. The van der Waals surface area contributed by atoms with E-state index in [-0.39, 0.29) is 25.2 Å². The van der Waals surface area contributed by atoms with E-state index in [4.69, 9.17) is 4.74 Å². The standard InChI is InChI=1S/C17H17NO5/c19-15-3-1-12(2-4-15)9-14(17(21)22)10-16(20)23-11-13-5-7-18-8-6-13/h1-8,14,19H,9-11H2,(H,21,22)/t14-/m1/s1. The number of rotatable bonds is 7. The molecule has 6 heteroatoms. The molecule has 1 heterocycles. The molecular formula is C17H17NO5. The summed E-state index contributed by atoms with van der Waals surface area (Å²) < 4.78 is 5.10. The first-order valence-electron chi connectivity index (χ1n) is 7.10. The SMILES string of the molecule is O=C(C[C@@H](Cc1ccc(O)cc1)C(=O)O)OCc1ccncc1. The van der Waals surface area contributed by atoms with Crippen molar-refractivity contribution in [3.8, 4) is 5.75 Å². The number of carboxylic acids is 1. The van der Waals surface area contributed by atoms with Gasteiger partial charge in [0.1, 0.15) is 12.4 Å². The van der Waals surface area contributed by atoms with Gasteiger partial charge in [-0.1, -0.05) is 12.1 Å². The van der Waals surface area contributed by atoms with Crippen molar-refractivity contribution in [2.75, 3.05) is 0 Å². The third kappa shape index (κ3) is 5.43. The van der Waals surface area contributed by atoms with Gasteiger partial charge in [0.15, 0.2) is 0 Å².